The average Bonchev–Trinajstić information content (AvgIpc) is 3.21. The van der Waals surface area contributed by atoms with Crippen molar-refractivity contribution in [1.29, 1.82) is 0 Å². The maximum absolute atomic E-state index is 13.1. The topological polar surface area (TPSA) is 89.2 Å². The van der Waals surface area contributed by atoms with Crippen molar-refractivity contribution in [3.05, 3.63) is 59.6 Å². The van der Waals surface area contributed by atoms with Gasteiger partial charge in [0, 0.05) is 19.3 Å². The fraction of sp³-hybridized carbons (Fsp3) is 0.350. The molecule has 1 saturated heterocycles. The summed E-state index contributed by atoms with van der Waals surface area (Å²) in [5.41, 5.74) is 2.67. The highest BCUT2D eigenvalue weighted by Crippen LogP contribution is 2.30. The largest absolute Gasteiger partial charge is 0.339 e. The lowest BCUT2D eigenvalue weighted by atomic mass is 10.00. The molecule has 3 heterocycles. The lowest BCUT2D eigenvalue weighted by molar-refractivity contribution is 0.265. The normalized spacial score (nSPS) is 18.3. The van der Waals surface area contributed by atoms with Gasteiger partial charge in [-0.1, -0.05) is 17.3 Å². The number of rotatable bonds is 4. The first-order valence-corrected chi connectivity index (χ1v) is 10.7. The molecule has 7 nitrogen and oxygen atoms in total. The Labute approximate surface area is 164 Å². The molecule has 2 aromatic heterocycles. The molecule has 8 heteroatoms. The van der Waals surface area contributed by atoms with Crippen LogP contribution in [0.15, 0.2) is 52.0 Å². The highest BCUT2D eigenvalue weighted by atomic mass is 32.2. The molecule has 1 atom stereocenters. The summed E-state index contributed by atoms with van der Waals surface area (Å²) in [7, 11) is -3.56. The first kappa shape index (κ1) is 18.8. The van der Waals surface area contributed by atoms with E-state index in [1.165, 1.54) is 4.31 Å². The van der Waals surface area contributed by atoms with Crippen molar-refractivity contribution in [2.45, 2.75) is 37.5 Å². The van der Waals surface area contributed by atoms with Gasteiger partial charge in [-0.25, -0.2) is 8.42 Å². The zero-order chi connectivity index (χ0) is 19.7. The van der Waals surface area contributed by atoms with Crippen LogP contribution in [0.4, 0.5) is 0 Å². The summed E-state index contributed by atoms with van der Waals surface area (Å²) in [6.07, 6.45) is 3.22. The van der Waals surface area contributed by atoms with Crippen molar-refractivity contribution in [2.75, 3.05) is 13.1 Å². The van der Waals surface area contributed by atoms with Crippen molar-refractivity contribution in [2.24, 2.45) is 0 Å². The third-order valence-electron chi connectivity index (χ3n) is 5.19. The van der Waals surface area contributed by atoms with Crippen LogP contribution in [0.3, 0.4) is 0 Å². The summed E-state index contributed by atoms with van der Waals surface area (Å²) in [4.78, 5) is 9.01. The molecule has 0 aliphatic carbocycles. The fourth-order valence-corrected chi connectivity index (χ4v) is 5.00. The van der Waals surface area contributed by atoms with Crippen molar-refractivity contribution in [3.8, 4) is 11.5 Å². The van der Waals surface area contributed by atoms with Gasteiger partial charge < -0.3 is 4.52 Å². The molecule has 0 saturated carbocycles. The Morgan fingerprint density at radius 1 is 1.14 bits per heavy atom. The van der Waals surface area contributed by atoms with Gasteiger partial charge in [-0.2, -0.15) is 9.29 Å². The second-order valence-electron chi connectivity index (χ2n) is 7.12. The van der Waals surface area contributed by atoms with Crippen molar-refractivity contribution >= 4 is 10.0 Å². The molecule has 0 unspecified atom stereocenters. The van der Waals surface area contributed by atoms with Gasteiger partial charge in [0.05, 0.1) is 10.8 Å². The minimum Gasteiger partial charge on any atom is -0.339 e. The average molecular weight is 398 g/mol. The molecule has 146 valence electrons. The van der Waals surface area contributed by atoms with Gasteiger partial charge in [-0.15, -0.1) is 0 Å². The van der Waals surface area contributed by atoms with Crippen LogP contribution in [-0.4, -0.2) is 40.9 Å². The van der Waals surface area contributed by atoms with E-state index in [0.717, 1.165) is 24.0 Å². The summed E-state index contributed by atoms with van der Waals surface area (Å²) >= 11 is 0. The van der Waals surface area contributed by atoms with Gasteiger partial charge in [0.25, 0.3) is 0 Å². The number of nitrogens with zero attached hydrogens (tertiary/aromatic N) is 4. The summed E-state index contributed by atoms with van der Waals surface area (Å²) in [5.74, 6) is 0.755. The molecule has 28 heavy (non-hydrogen) atoms. The molecule has 4 rings (SSSR count). The van der Waals surface area contributed by atoms with E-state index in [1.807, 2.05) is 38.1 Å². The predicted molar refractivity (Wildman–Crippen MR) is 104 cm³/mol. The van der Waals surface area contributed by atoms with Gasteiger partial charge in [0.1, 0.15) is 5.69 Å². The Balaban J connectivity index is 1.56. The summed E-state index contributed by atoms with van der Waals surface area (Å²) in [5, 5.41) is 4.01. The minimum absolute atomic E-state index is 0.125. The summed E-state index contributed by atoms with van der Waals surface area (Å²) in [6, 6.07) is 10.7. The highest BCUT2D eigenvalue weighted by Gasteiger charge is 2.33. The molecular weight excluding hydrogens is 376 g/mol. The molecule has 3 aromatic rings. The zero-order valence-electron chi connectivity index (χ0n) is 15.9. The van der Waals surface area contributed by atoms with Crippen molar-refractivity contribution in [1.82, 2.24) is 19.4 Å². The maximum atomic E-state index is 13.1. The third-order valence-corrected chi connectivity index (χ3v) is 7.05. The molecule has 0 amide bonds. The van der Waals surface area contributed by atoms with Crippen LogP contribution < -0.4 is 0 Å². The number of hydrogen-bond acceptors (Lipinski definition) is 6. The highest BCUT2D eigenvalue weighted by molar-refractivity contribution is 7.89. The van der Waals surface area contributed by atoms with Crippen LogP contribution in [0.1, 0.15) is 35.8 Å². The van der Waals surface area contributed by atoms with Gasteiger partial charge in [-0.05, 0) is 62.1 Å². The molecule has 1 fully saturated rings. The molecule has 0 bridgehead atoms. The number of piperidine rings is 1. The maximum Gasteiger partial charge on any atom is 0.243 e. The van der Waals surface area contributed by atoms with Crippen LogP contribution in [0.5, 0.6) is 0 Å². The number of hydrogen-bond donors (Lipinski definition) is 0. The van der Waals surface area contributed by atoms with Gasteiger partial charge in [0.2, 0.25) is 21.7 Å². The van der Waals surface area contributed by atoms with Crippen LogP contribution >= 0.6 is 0 Å². The van der Waals surface area contributed by atoms with E-state index >= 15 is 0 Å². The quantitative estimate of drug-likeness (QED) is 0.670. The number of pyridine rings is 1. The van der Waals surface area contributed by atoms with E-state index in [1.54, 1.807) is 18.3 Å². The fourth-order valence-electron chi connectivity index (χ4n) is 3.39. The van der Waals surface area contributed by atoms with E-state index in [4.69, 9.17) is 4.52 Å². The predicted octanol–water partition coefficient (Wildman–Crippen LogP) is 3.32. The molecule has 0 radical (unpaired) electrons. The third kappa shape index (κ3) is 3.57. The molecule has 1 aliphatic rings. The number of aromatic nitrogens is 3. The first-order valence-electron chi connectivity index (χ1n) is 9.27. The van der Waals surface area contributed by atoms with E-state index in [-0.39, 0.29) is 5.92 Å². The molecular formula is C20H22N4O3S. The Morgan fingerprint density at radius 2 is 2.00 bits per heavy atom. The van der Waals surface area contributed by atoms with E-state index < -0.39 is 10.0 Å². The number of aryl methyl sites for hydroxylation is 2. The second-order valence-corrected chi connectivity index (χ2v) is 9.06. The molecule has 0 spiro atoms. The number of sulfonamides is 1. The van der Waals surface area contributed by atoms with E-state index in [9.17, 15) is 8.42 Å². The molecule has 1 aliphatic heterocycles. The first-order chi connectivity index (χ1) is 13.4. The van der Waals surface area contributed by atoms with E-state index in [2.05, 4.69) is 15.1 Å². The Morgan fingerprint density at radius 3 is 2.75 bits per heavy atom. The van der Waals surface area contributed by atoms with Gasteiger partial charge in [0.15, 0.2) is 0 Å². The van der Waals surface area contributed by atoms with Crippen LogP contribution in [0.25, 0.3) is 11.5 Å². The van der Waals surface area contributed by atoms with Crippen LogP contribution in [0, 0.1) is 13.8 Å². The van der Waals surface area contributed by atoms with Gasteiger partial charge >= 0.3 is 0 Å². The van der Waals surface area contributed by atoms with E-state index in [0.29, 0.717) is 35.4 Å². The van der Waals surface area contributed by atoms with Gasteiger partial charge in [-0.3, -0.25) is 4.98 Å². The minimum atomic E-state index is -3.56. The number of benzene rings is 1. The van der Waals surface area contributed by atoms with Crippen molar-refractivity contribution in [3.63, 3.8) is 0 Å². The smallest absolute Gasteiger partial charge is 0.243 e. The SMILES string of the molecule is Cc1ccc(S(=O)(=O)N2CCC[C@@H](c3nc(-c4ccccn4)no3)C2)cc1C. The lowest BCUT2D eigenvalue weighted by Crippen LogP contribution is -2.39. The monoisotopic (exact) mass is 398 g/mol. The molecule has 0 N–H and O–H groups in total. The Bertz CT molecular complexity index is 1080. The summed E-state index contributed by atoms with van der Waals surface area (Å²) in [6.45, 7) is 4.72. The zero-order valence-corrected chi connectivity index (χ0v) is 16.7. The standard InChI is InChI=1S/C20H22N4O3S/c1-14-8-9-17(12-15(14)2)28(25,26)24-11-5-6-16(13-24)20-22-19(23-27-20)18-7-3-4-10-21-18/h3-4,7-10,12,16H,5-6,11,13H2,1-2H3/t16-/m1/s1. The molecule has 1 aromatic carbocycles. The van der Waals surface area contributed by atoms with Crippen LogP contribution in [0.2, 0.25) is 0 Å². The Hall–Kier alpha value is -2.58. The lowest BCUT2D eigenvalue weighted by Gasteiger charge is -2.30. The second kappa shape index (κ2) is 7.44. The summed E-state index contributed by atoms with van der Waals surface area (Å²) < 4.78 is 33.2. The van der Waals surface area contributed by atoms with Crippen LogP contribution in [-0.2, 0) is 10.0 Å². The van der Waals surface area contributed by atoms with Crippen molar-refractivity contribution < 1.29 is 12.9 Å². The Kier molecular flexibility index (Phi) is 4.99.